The van der Waals surface area contributed by atoms with E-state index in [-0.39, 0.29) is 12.1 Å². The van der Waals surface area contributed by atoms with Crippen LogP contribution in [-0.2, 0) is 9.53 Å². The molecule has 0 N–H and O–H groups in total. The van der Waals surface area contributed by atoms with E-state index >= 15 is 0 Å². The Morgan fingerprint density at radius 1 is 1.21 bits per heavy atom. The summed E-state index contributed by atoms with van der Waals surface area (Å²) < 4.78 is 15.5. The maximum absolute atomic E-state index is 11.1. The highest BCUT2D eigenvalue weighted by Crippen LogP contribution is 2.23. The topological polar surface area (TPSA) is 44.8 Å². The lowest BCUT2D eigenvalue weighted by atomic mass is 10.1. The van der Waals surface area contributed by atoms with Crippen molar-refractivity contribution in [1.82, 2.24) is 0 Å². The molecule has 0 saturated carbocycles. The first-order chi connectivity index (χ1) is 9.21. The minimum atomic E-state index is -0.302. The average molecular weight is 260 g/mol. The summed E-state index contributed by atoms with van der Waals surface area (Å²) in [4.78, 5) is 11.1. The second-order valence-electron chi connectivity index (χ2n) is 4.12. The van der Waals surface area contributed by atoms with Gasteiger partial charge in [0.15, 0.2) is 0 Å². The van der Waals surface area contributed by atoms with Crippen LogP contribution in [0.25, 0.3) is 6.08 Å². The van der Waals surface area contributed by atoms with Gasteiger partial charge < -0.3 is 14.2 Å². The molecule has 1 aromatic rings. The van der Waals surface area contributed by atoms with Gasteiger partial charge in [-0.1, -0.05) is 12.2 Å². The standard InChI is InChI=1S/C15H16O4/c1-17-13-8-11(9-14(10-13)18-2)6-7-12-4-3-5-15(16)19-12/h3,5-10,12H,4H2,1-2H3/b7-6+. The minimum absolute atomic E-state index is 0.213. The Labute approximate surface area is 112 Å². The molecule has 0 bridgehead atoms. The first kappa shape index (κ1) is 13.2. The largest absolute Gasteiger partial charge is 0.497 e. The Hall–Kier alpha value is -2.23. The van der Waals surface area contributed by atoms with E-state index < -0.39 is 0 Å². The molecule has 1 unspecified atom stereocenters. The predicted octanol–water partition coefficient (Wildman–Crippen LogP) is 2.59. The summed E-state index contributed by atoms with van der Waals surface area (Å²) in [7, 11) is 3.21. The molecule has 1 aliphatic rings. The molecule has 19 heavy (non-hydrogen) atoms. The van der Waals surface area contributed by atoms with Crippen molar-refractivity contribution in [1.29, 1.82) is 0 Å². The predicted molar refractivity (Wildman–Crippen MR) is 72.2 cm³/mol. The molecule has 1 atom stereocenters. The molecular weight excluding hydrogens is 244 g/mol. The van der Waals surface area contributed by atoms with E-state index in [1.165, 1.54) is 6.08 Å². The smallest absolute Gasteiger partial charge is 0.331 e. The van der Waals surface area contributed by atoms with Gasteiger partial charge in [-0.15, -0.1) is 0 Å². The summed E-state index contributed by atoms with van der Waals surface area (Å²) in [6.07, 6.45) is 7.49. The number of hydrogen-bond acceptors (Lipinski definition) is 4. The van der Waals surface area contributed by atoms with Crippen molar-refractivity contribution < 1.29 is 19.0 Å². The molecule has 0 amide bonds. The molecule has 1 aromatic carbocycles. The van der Waals surface area contributed by atoms with Crippen LogP contribution in [0.5, 0.6) is 11.5 Å². The molecular formula is C15H16O4. The Kier molecular flexibility index (Phi) is 4.23. The number of rotatable bonds is 4. The van der Waals surface area contributed by atoms with E-state index in [1.807, 2.05) is 30.4 Å². The highest BCUT2D eigenvalue weighted by molar-refractivity contribution is 5.83. The Morgan fingerprint density at radius 3 is 2.47 bits per heavy atom. The molecule has 1 aliphatic heterocycles. The third-order valence-corrected chi connectivity index (χ3v) is 2.77. The van der Waals surface area contributed by atoms with E-state index in [9.17, 15) is 4.79 Å². The van der Waals surface area contributed by atoms with Gasteiger partial charge in [0, 0.05) is 18.6 Å². The molecule has 1 heterocycles. The average Bonchev–Trinajstić information content (AvgIpc) is 2.44. The summed E-state index contributed by atoms with van der Waals surface area (Å²) >= 11 is 0. The first-order valence-corrected chi connectivity index (χ1v) is 5.99. The summed E-state index contributed by atoms with van der Waals surface area (Å²) in [6, 6.07) is 5.58. The van der Waals surface area contributed by atoms with Crippen LogP contribution in [0.1, 0.15) is 12.0 Å². The van der Waals surface area contributed by atoms with Crippen molar-refractivity contribution in [2.45, 2.75) is 12.5 Å². The van der Waals surface area contributed by atoms with Crippen LogP contribution < -0.4 is 9.47 Å². The van der Waals surface area contributed by atoms with Gasteiger partial charge in [-0.25, -0.2) is 4.79 Å². The zero-order valence-corrected chi connectivity index (χ0v) is 11.0. The fourth-order valence-electron chi connectivity index (χ4n) is 1.80. The third-order valence-electron chi connectivity index (χ3n) is 2.77. The number of carbonyl (C=O) groups is 1. The Morgan fingerprint density at radius 2 is 1.89 bits per heavy atom. The molecule has 0 fully saturated rings. The van der Waals surface area contributed by atoms with Crippen LogP contribution >= 0.6 is 0 Å². The zero-order chi connectivity index (χ0) is 13.7. The first-order valence-electron chi connectivity index (χ1n) is 5.99. The van der Waals surface area contributed by atoms with E-state index in [2.05, 4.69) is 0 Å². The molecule has 4 heteroatoms. The van der Waals surface area contributed by atoms with Gasteiger partial charge in [-0.2, -0.15) is 0 Å². The van der Waals surface area contributed by atoms with E-state index in [4.69, 9.17) is 14.2 Å². The quantitative estimate of drug-likeness (QED) is 0.780. The lowest BCUT2D eigenvalue weighted by molar-refractivity contribution is -0.141. The van der Waals surface area contributed by atoms with Crippen LogP contribution in [0, 0.1) is 0 Å². The van der Waals surface area contributed by atoms with Gasteiger partial charge in [0.2, 0.25) is 0 Å². The summed E-state index contributed by atoms with van der Waals surface area (Å²) in [5.41, 5.74) is 0.932. The molecule has 2 rings (SSSR count). The van der Waals surface area contributed by atoms with Crippen molar-refractivity contribution >= 4 is 12.0 Å². The van der Waals surface area contributed by atoms with Gasteiger partial charge in [-0.3, -0.25) is 0 Å². The van der Waals surface area contributed by atoms with Crippen molar-refractivity contribution in [2.24, 2.45) is 0 Å². The number of ether oxygens (including phenoxy) is 3. The second-order valence-corrected chi connectivity index (χ2v) is 4.12. The maximum atomic E-state index is 11.1. The van der Waals surface area contributed by atoms with Crippen LogP contribution in [0.15, 0.2) is 36.4 Å². The van der Waals surface area contributed by atoms with Gasteiger partial charge in [0.25, 0.3) is 0 Å². The van der Waals surface area contributed by atoms with Crippen molar-refractivity contribution in [3.63, 3.8) is 0 Å². The maximum Gasteiger partial charge on any atom is 0.331 e. The van der Waals surface area contributed by atoms with Crippen LogP contribution in [0.3, 0.4) is 0 Å². The van der Waals surface area contributed by atoms with E-state index in [0.717, 1.165) is 17.1 Å². The molecule has 0 saturated heterocycles. The third kappa shape index (κ3) is 3.61. The fraction of sp³-hybridized carbons (Fsp3) is 0.267. The Bertz CT molecular complexity index is 495. The number of benzene rings is 1. The Balaban J connectivity index is 2.13. The minimum Gasteiger partial charge on any atom is -0.497 e. The monoisotopic (exact) mass is 260 g/mol. The highest BCUT2D eigenvalue weighted by Gasteiger charge is 2.12. The van der Waals surface area contributed by atoms with Crippen molar-refractivity contribution in [3.8, 4) is 11.5 Å². The second kappa shape index (κ2) is 6.09. The molecule has 0 spiro atoms. The van der Waals surface area contributed by atoms with E-state index in [0.29, 0.717) is 6.42 Å². The summed E-state index contributed by atoms with van der Waals surface area (Å²) in [5.74, 6) is 1.14. The lowest BCUT2D eigenvalue weighted by Gasteiger charge is -2.14. The van der Waals surface area contributed by atoms with Gasteiger partial charge in [0.05, 0.1) is 14.2 Å². The molecule has 4 nitrogen and oxygen atoms in total. The zero-order valence-electron chi connectivity index (χ0n) is 11.0. The van der Waals surface area contributed by atoms with Crippen LogP contribution in [0.2, 0.25) is 0 Å². The van der Waals surface area contributed by atoms with Crippen LogP contribution in [-0.4, -0.2) is 26.3 Å². The van der Waals surface area contributed by atoms with Crippen molar-refractivity contribution in [3.05, 3.63) is 42.0 Å². The summed E-state index contributed by atoms with van der Waals surface area (Å²) in [5, 5.41) is 0. The summed E-state index contributed by atoms with van der Waals surface area (Å²) in [6.45, 7) is 0. The van der Waals surface area contributed by atoms with E-state index in [1.54, 1.807) is 20.3 Å². The van der Waals surface area contributed by atoms with Gasteiger partial charge in [0.1, 0.15) is 17.6 Å². The number of esters is 1. The molecule has 0 aromatic heterocycles. The lowest BCUT2D eigenvalue weighted by Crippen LogP contribution is -2.17. The number of hydrogen-bond donors (Lipinski definition) is 0. The number of cyclic esters (lactones) is 1. The van der Waals surface area contributed by atoms with Gasteiger partial charge >= 0.3 is 5.97 Å². The normalized spacial score (nSPS) is 18.4. The van der Waals surface area contributed by atoms with Gasteiger partial charge in [-0.05, 0) is 23.8 Å². The highest BCUT2D eigenvalue weighted by atomic mass is 16.5. The fourth-order valence-corrected chi connectivity index (χ4v) is 1.80. The molecule has 100 valence electrons. The molecule has 0 aliphatic carbocycles. The van der Waals surface area contributed by atoms with Crippen LogP contribution in [0.4, 0.5) is 0 Å². The molecule has 0 radical (unpaired) electrons. The van der Waals surface area contributed by atoms with Crippen molar-refractivity contribution in [2.75, 3.05) is 14.2 Å². The number of carbonyl (C=O) groups excluding carboxylic acids is 1. The number of methoxy groups -OCH3 is 2. The SMILES string of the molecule is COc1cc(/C=C/C2CC=CC(=O)O2)cc(OC)c1.